The van der Waals surface area contributed by atoms with Crippen LogP contribution in [0.15, 0.2) is 23.1 Å². The Morgan fingerprint density at radius 1 is 1.20 bits per heavy atom. The summed E-state index contributed by atoms with van der Waals surface area (Å²) in [6.45, 7) is 6.31. The van der Waals surface area contributed by atoms with Crippen molar-refractivity contribution in [2.75, 3.05) is 38.2 Å². The number of methoxy groups -OCH3 is 1. The van der Waals surface area contributed by atoms with E-state index in [1.165, 1.54) is 6.07 Å². The lowest BCUT2D eigenvalue weighted by molar-refractivity contribution is -0.159. The minimum absolute atomic E-state index is 0.204. The van der Waals surface area contributed by atoms with E-state index in [0.29, 0.717) is 26.2 Å². The van der Waals surface area contributed by atoms with Gasteiger partial charge in [0.1, 0.15) is 10.8 Å². The summed E-state index contributed by atoms with van der Waals surface area (Å²) in [4.78, 5) is 27.6. The number of halogens is 3. The third-order valence-corrected chi connectivity index (χ3v) is 11.2. The minimum Gasteiger partial charge on any atom is -0.481 e. The number of carbonyl (C=O) groups is 2. The van der Waals surface area contributed by atoms with Gasteiger partial charge in [0.25, 0.3) is 0 Å². The number of anilines is 1. The normalized spacial score (nSPS) is 31.2. The topological polar surface area (TPSA) is 154 Å². The molecular formula is C26H33F3N4O6S. The van der Waals surface area contributed by atoms with Gasteiger partial charge in [0.15, 0.2) is 9.84 Å². The summed E-state index contributed by atoms with van der Waals surface area (Å²) in [5.41, 5.74) is 0.490. The predicted molar refractivity (Wildman–Crippen MR) is 137 cm³/mol. The first-order valence-electron chi connectivity index (χ1n) is 13.0. The highest BCUT2D eigenvalue weighted by atomic mass is 32.2. The fourth-order valence-corrected chi connectivity index (χ4v) is 8.54. The highest BCUT2D eigenvalue weighted by Gasteiger charge is 2.75. The highest BCUT2D eigenvalue weighted by molar-refractivity contribution is 7.92. The molecule has 1 aliphatic heterocycles. The van der Waals surface area contributed by atoms with Crippen molar-refractivity contribution in [1.82, 2.24) is 4.90 Å². The number of nitrogens with zero attached hydrogens (tertiary/aromatic N) is 3. The number of nitriles is 1. The number of rotatable bonds is 8. The van der Waals surface area contributed by atoms with Gasteiger partial charge in [0, 0.05) is 50.9 Å². The van der Waals surface area contributed by atoms with Gasteiger partial charge in [-0.05, 0) is 51.3 Å². The maximum atomic E-state index is 14.3. The van der Waals surface area contributed by atoms with Crippen LogP contribution in [0.5, 0.6) is 0 Å². The number of hydrogen-bond acceptors (Lipinski definition) is 8. The number of benzene rings is 1. The Hall–Kier alpha value is -2.89. The quantitative estimate of drug-likeness (QED) is 0.467. The molecule has 3 fully saturated rings. The van der Waals surface area contributed by atoms with Gasteiger partial charge in [0.2, 0.25) is 5.91 Å². The summed E-state index contributed by atoms with van der Waals surface area (Å²) in [6, 6.07) is 5.16. The molecule has 2 unspecified atom stereocenters. The first-order valence-corrected chi connectivity index (χ1v) is 14.5. The second-order valence-electron chi connectivity index (χ2n) is 11.2. The number of carboxylic acid groups (broad SMARTS) is 1. The van der Waals surface area contributed by atoms with E-state index in [1.807, 2.05) is 13.8 Å². The highest BCUT2D eigenvalue weighted by Crippen LogP contribution is 2.66. The molecule has 1 amide bonds. The molecule has 14 heteroatoms. The Labute approximate surface area is 230 Å². The first kappa shape index (κ1) is 30.1. The molecule has 2 aliphatic carbocycles. The van der Waals surface area contributed by atoms with Crippen LogP contribution < -0.4 is 10.6 Å². The number of primary amides is 1. The average molecular weight is 587 g/mol. The van der Waals surface area contributed by atoms with Crippen LogP contribution in [-0.4, -0.2) is 81.0 Å². The van der Waals surface area contributed by atoms with Gasteiger partial charge in [-0.15, -0.1) is 0 Å². The van der Waals surface area contributed by atoms with Gasteiger partial charge in [-0.2, -0.15) is 18.4 Å². The van der Waals surface area contributed by atoms with E-state index >= 15 is 0 Å². The summed E-state index contributed by atoms with van der Waals surface area (Å²) in [7, 11) is -3.57. The van der Waals surface area contributed by atoms with Crippen LogP contribution in [0, 0.1) is 28.1 Å². The third-order valence-electron chi connectivity index (χ3n) is 8.95. The van der Waals surface area contributed by atoms with Crippen molar-refractivity contribution in [3.8, 4) is 6.07 Å². The first-order chi connectivity index (χ1) is 18.6. The predicted octanol–water partition coefficient (Wildman–Crippen LogP) is 2.27. The molecule has 0 spiro atoms. The SMILES string of the molecule is CO[C@@H]1C[C@H](S(=O)(=O)c2ccc(N3CCN(C(C)C)CC3)cc2C(F)(F)F)C[C@@]1(C(=O)O)C1CC1(C#N)C(N)=O. The van der Waals surface area contributed by atoms with E-state index in [0.717, 1.165) is 19.2 Å². The van der Waals surface area contributed by atoms with E-state index < -0.39 is 79.3 Å². The van der Waals surface area contributed by atoms with E-state index in [4.69, 9.17) is 10.5 Å². The lowest BCUT2D eigenvalue weighted by Crippen LogP contribution is -2.49. The summed E-state index contributed by atoms with van der Waals surface area (Å²) in [5, 5.41) is 18.3. The average Bonchev–Trinajstić information content (AvgIpc) is 3.52. The number of alkyl halides is 3. The van der Waals surface area contributed by atoms with Gasteiger partial charge in [-0.3, -0.25) is 14.5 Å². The van der Waals surface area contributed by atoms with Crippen molar-refractivity contribution in [1.29, 1.82) is 5.26 Å². The summed E-state index contributed by atoms with van der Waals surface area (Å²) in [6.07, 6.45) is -7.52. The van der Waals surface area contributed by atoms with Crippen molar-refractivity contribution in [2.45, 2.75) is 61.6 Å². The van der Waals surface area contributed by atoms with Crippen LogP contribution in [0.4, 0.5) is 18.9 Å². The van der Waals surface area contributed by atoms with Crippen LogP contribution in [0.1, 0.15) is 38.7 Å². The number of aliphatic carboxylic acids is 1. The van der Waals surface area contributed by atoms with E-state index in [1.54, 1.807) is 11.0 Å². The standard InChI is InChI=1S/C26H33F3N4O6S/c1-15(2)32-6-8-33(9-7-32)16-4-5-19(18(10-16)26(27,28)29)40(37,38)17-11-21(39-3)25(12-17,23(35)36)20-13-24(20,14-30)22(31)34/h4-5,10,15,17,20-21H,6-9,11-13H2,1-3H3,(H2,31,34)(H,35,36)/t17-,20?,21+,24?,25+/m0/s1. The van der Waals surface area contributed by atoms with Crippen molar-refractivity contribution >= 4 is 27.4 Å². The summed E-state index contributed by atoms with van der Waals surface area (Å²) < 4.78 is 75.7. The largest absolute Gasteiger partial charge is 0.481 e. The van der Waals surface area contributed by atoms with Crippen LogP contribution in [0.25, 0.3) is 0 Å². The Balaban J connectivity index is 1.70. The molecular weight excluding hydrogens is 553 g/mol. The van der Waals surface area contributed by atoms with Gasteiger partial charge in [-0.1, -0.05) is 0 Å². The summed E-state index contributed by atoms with van der Waals surface area (Å²) in [5.74, 6) is -3.67. The molecule has 1 heterocycles. The number of carbonyl (C=O) groups excluding carboxylic acids is 1. The van der Waals surface area contributed by atoms with E-state index in [-0.39, 0.29) is 18.2 Å². The maximum absolute atomic E-state index is 14.3. The third kappa shape index (κ3) is 4.71. The molecule has 1 aromatic carbocycles. The number of piperazine rings is 1. The molecule has 1 saturated heterocycles. The fraction of sp³-hybridized carbons (Fsp3) is 0.654. The van der Waals surface area contributed by atoms with Gasteiger partial charge >= 0.3 is 12.1 Å². The van der Waals surface area contributed by atoms with E-state index in [2.05, 4.69) is 4.90 Å². The fourth-order valence-electron chi connectivity index (χ4n) is 6.52. The molecule has 4 rings (SSSR count). The smallest absolute Gasteiger partial charge is 0.417 e. The molecule has 0 radical (unpaired) electrons. The number of hydrogen-bond donors (Lipinski definition) is 2. The van der Waals surface area contributed by atoms with Gasteiger partial charge < -0.3 is 20.5 Å². The zero-order valence-electron chi connectivity index (χ0n) is 22.4. The van der Waals surface area contributed by atoms with Crippen LogP contribution >= 0.6 is 0 Å². The van der Waals surface area contributed by atoms with Gasteiger partial charge in [0.05, 0.1) is 27.9 Å². The number of carboxylic acids is 1. The zero-order valence-corrected chi connectivity index (χ0v) is 23.3. The molecule has 2 saturated carbocycles. The molecule has 0 aromatic heterocycles. The second-order valence-corrected chi connectivity index (χ2v) is 13.4. The van der Waals surface area contributed by atoms with Crippen molar-refractivity contribution in [3.63, 3.8) is 0 Å². The molecule has 3 N–H and O–H groups in total. The zero-order chi connectivity index (χ0) is 29.8. The molecule has 10 nitrogen and oxygen atoms in total. The van der Waals surface area contributed by atoms with Gasteiger partial charge in [-0.25, -0.2) is 8.42 Å². The van der Waals surface area contributed by atoms with Crippen molar-refractivity contribution in [2.24, 2.45) is 22.5 Å². The van der Waals surface area contributed by atoms with Crippen LogP contribution in [0.2, 0.25) is 0 Å². The lowest BCUT2D eigenvalue weighted by atomic mass is 9.75. The Kier molecular flexibility index (Phi) is 7.66. The lowest BCUT2D eigenvalue weighted by Gasteiger charge is -2.38. The number of nitrogens with two attached hydrogens (primary N) is 1. The molecule has 1 aromatic rings. The monoisotopic (exact) mass is 586 g/mol. The van der Waals surface area contributed by atoms with E-state index in [9.17, 15) is 41.5 Å². The Morgan fingerprint density at radius 2 is 1.82 bits per heavy atom. The molecule has 0 bridgehead atoms. The molecule has 40 heavy (non-hydrogen) atoms. The van der Waals surface area contributed by atoms with Crippen molar-refractivity contribution in [3.05, 3.63) is 23.8 Å². The van der Waals surface area contributed by atoms with Crippen LogP contribution in [-0.2, 0) is 30.3 Å². The summed E-state index contributed by atoms with van der Waals surface area (Å²) >= 11 is 0. The number of sulfone groups is 1. The maximum Gasteiger partial charge on any atom is 0.417 e. The second kappa shape index (κ2) is 10.2. The minimum atomic E-state index is -5.00. The molecule has 5 atom stereocenters. The molecule has 3 aliphatic rings. The van der Waals surface area contributed by atoms with Crippen molar-refractivity contribution < 1.29 is 41.0 Å². The number of amides is 1. The Bertz CT molecular complexity index is 1340. The number of ether oxygens (including phenoxy) is 1. The Morgan fingerprint density at radius 3 is 2.27 bits per heavy atom. The van der Waals surface area contributed by atoms with Crippen LogP contribution in [0.3, 0.4) is 0 Å². The molecule has 220 valence electrons.